The van der Waals surface area contributed by atoms with E-state index < -0.39 is 4.33 Å². The van der Waals surface area contributed by atoms with Crippen LogP contribution in [0, 0.1) is 5.92 Å². The van der Waals surface area contributed by atoms with Crippen LogP contribution in [0.4, 0.5) is 10.5 Å². The van der Waals surface area contributed by atoms with Gasteiger partial charge in [0.25, 0.3) is 0 Å². The number of hydrogen-bond acceptors (Lipinski definition) is 4. The van der Waals surface area contributed by atoms with Crippen molar-refractivity contribution in [2.75, 3.05) is 24.9 Å². The third kappa shape index (κ3) is 4.45. The van der Waals surface area contributed by atoms with Crippen molar-refractivity contribution in [1.29, 1.82) is 0 Å². The fourth-order valence-electron chi connectivity index (χ4n) is 2.93. The molecule has 0 spiro atoms. The monoisotopic (exact) mass is 438 g/mol. The smallest absolute Gasteiger partial charge is 0.321 e. The summed E-state index contributed by atoms with van der Waals surface area (Å²) in [5, 5.41) is 2.99. The lowest BCUT2D eigenvalue weighted by Crippen LogP contribution is -2.31. The topological polar surface area (TPSA) is 50.8 Å². The number of para-hydroxylation sites is 1. The number of carbonyl (C=O) groups excluding carboxylic acids is 1. The molecule has 0 bridgehead atoms. The number of fused-ring (bicyclic) bond motifs is 1. The summed E-state index contributed by atoms with van der Waals surface area (Å²) in [4.78, 5) is 15.3. The van der Waals surface area contributed by atoms with Crippen LogP contribution in [0.2, 0.25) is 0 Å². The molecule has 2 aromatic carbocycles. The van der Waals surface area contributed by atoms with E-state index in [-0.39, 0.29) is 12.8 Å². The van der Waals surface area contributed by atoms with E-state index in [0.717, 1.165) is 34.1 Å². The highest BCUT2D eigenvalue weighted by Gasteiger charge is 2.51. The lowest BCUT2D eigenvalue weighted by atomic mass is 10.2. The largest absolute Gasteiger partial charge is 0.454 e. The number of halogens is 2. The van der Waals surface area contributed by atoms with Crippen LogP contribution in [0.5, 0.6) is 11.5 Å². The summed E-state index contributed by atoms with van der Waals surface area (Å²) in [6, 6.07) is 13.3. The lowest BCUT2D eigenvalue weighted by molar-refractivity contribution is 0.174. The third-order valence-corrected chi connectivity index (χ3v) is 6.89. The zero-order chi connectivity index (χ0) is 19.7. The second kappa shape index (κ2) is 7.93. The first-order valence-corrected chi connectivity index (χ1v) is 10.7. The van der Waals surface area contributed by atoms with Crippen LogP contribution in [0.3, 0.4) is 0 Å². The van der Waals surface area contributed by atoms with Gasteiger partial charge >= 0.3 is 6.03 Å². The number of benzene rings is 2. The van der Waals surface area contributed by atoms with Crippen molar-refractivity contribution >= 4 is 46.7 Å². The van der Waals surface area contributed by atoms with Crippen molar-refractivity contribution in [2.24, 2.45) is 5.92 Å². The summed E-state index contributed by atoms with van der Waals surface area (Å²) < 4.78 is 10.1. The molecule has 2 aromatic rings. The summed E-state index contributed by atoms with van der Waals surface area (Å²) in [5.74, 6) is 2.56. The Morgan fingerprint density at radius 1 is 1.25 bits per heavy atom. The lowest BCUT2D eigenvalue weighted by Gasteiger charge is -2.19. The number of rotatable bonds is 6. The molecule has 1 N–H and O–H groups in total. The van der Waals surface area contributed by atoms with E-state index in [2.05, 4.69) is 5.32 Å². The molecule has 148 valence electrons. The quantitative estimate of drug-likeness (QED) is 0.486. The van der Waals surface area contributed by atoms with Gasteiger partial charge < -0.3 is 19.7 Å². The molecule has 1 aliphatic heterocycles. The highest BCUT2D eigenvalue weighted by atomic mass is 35.5. The molecule has 0 aromatic heterocycles. The first-order chi connectivity index (χ1) is 13.4. The Kier molecular flexibility index (Phi) is 5.54. The predicted molar refractivity (Wildman–Crippen MR) is 113 cm³/mol. The van der Waals surface area contributed by atoms with Crippen molar-refractivity contribution in [1.82, 2.24) is 4.90 Å². The van der Waals surface area contributed by atoms with E-state index in [4.69, 9.17) is 32.7 Å². The molecule has 2 amide bonds. The summed E-state index contributed by atoms with van der Waals surface area (Å²) in [5.41, 5.74) is 1.75. The SMILES string of the molecule is CN(Cc1ccc2c(c1)OCO2)C(=O)Nc1ccccc1SCC1CC1(Cl)Cl. The molecule has 1 saturated carbocycles. The number of carbonyl (C=O) groups is 1. The van der Waals surface area contributed by atoms with Gasteiger partial charge in [-0.25, -0.2) is 4.79 Å². The molecule has 2 aliphatic rings. The average Bonchev–Trinajstić information content (AvgIpc) is 3.05. The van der Waals surface area contributed by atoms with Gasteiger partial charge in [-0.15, -0.1) is 35.0 Å². The van der Waals surface area contributed by atoms with Crippen LogP contribution in [0.15, 0.2) is 47.4 Å². The van der Waals surface area contributed by atoms with E-state index in [0.29, 0.717) is 18.2 Å². The highest BCUT2D eigenvalue weighted by molar-refractivity contribution is 7.99. The number of nitrogens with one attached hydrogen (secondary N) is 1. The van der Waals surface area contributed by atoms with E-state index >= 15 is 0 Å². The second-order valence-electron chi connectivity index (χ2n) is 6.94. The fraction of sp³-hybridized carbons (Fsp3) is 0.350. The number of thioether (sulfide) groups is 1. The molecular formula is C20H20Cl2N2O3S. The Morgan fingerprint density at radius 2 is 2.00 bits per heavy atom. The van der Waals surface area contributed by atoms with Gasteiger partial charge in [-0.05, 0) is 36.2 Å². The van der Waals surface area contributed by atoms with Gasteiger partial charge in [-0.1, -0.05) is 18.2 Å². The number of nitrogens with zero attached hydrogens (tertiary/aromatic N) is 1. The van der Waals surface area contributed by atoms with Crippen molar-refractivity contribution in [3.8, 4) is 11.5 Å². The number of amides is 2. The standard InChI is InChI=1S/C20H20Cl2N2O3S/c1-24(10-13-6-7-16-17(8-13)27-12-26-16)19(25)23-15-4-2-3-5-18(15)28-11-14-9-20(14,21)22/h2-8,14H,9-12H2,1H3,(H,23,25). The van der Waals surface area contributed by atoms with Gasteiger partial charge in [0.15, 0.2) is 11.5 Å². The Labute approximate surface area is 178 Å². The third-order valence-electron chi connectivity index (χ3n) is 4.73. The normalized spacial score (nSPS) is 18.6. The highest BCUT2D eigenvalue weighted by Crippen LogP contribution is 2.55. The van der Waals surface area contributed by atoms with Gasteiger partial charge in [0, 0.05) is 30.2 Å². The Hall–Kier alpha value is -1.76. The van der Waals surface area contributed by atoms with Crippen molar-refractivity contribution in [3.05, 3.63) is 48.0 Å². The second-order valence-corrected chi connectivity index (χ2v) is 9.55. The van der Waals surface area contributed by atoms with Gasteiger partial charge in [0.05, 0.1) is 5.69 Å². The van der Waals surface area contributed by atoms with Crippen LogP contribution < -0.4 is 14.8 Å². The molecule has 5 nitrogen and oxygen atoms in total. The molecule has 1 atom stereocenters. The fourth-order valence-corrected chi connectivity index (χ4v) is 4.87. The maximum Gasteiger partial charge on any atom is 0.321 e. The molecule has 1 aliphatic carbocycles. The van der Waals surface area contributed by atoms with Crippen molar-refractivity contribution < 1.29 is 14.3 Å². The maximum absolute atomic E-state index is 12.7. The first-order valence-electron chi connectivity index (χ1n) is 8.93. The molecule has 1 unspecified atom stereocenters. The van der Waals surface area contributed by atoms with Crippen molar-refractivity contribution in [2.45, 2.75) is 22.2 Å². The van der Waals surface area contributed by atoms with E-state index in [1.54, 1.807) is 23.7 Å². The molecule has 8 heteroatoms. The number of urea groups is 1. The number of ether oxygens (including phenoxy) is 2. The van der Waals surface area contributed by atoms with Crippen LogP contribution >= 0.6 is 35.0 Å². The number of alkyl halides is 2. The molecule has 0 saturated heterocycles. The molecule has 1 fully saturated rings. The van der Waals surface area contributed by atoms with Gasteiger partial charge in [-0.2, -0.15) is 0 Å². The molecule has 28 heavy (non-hydrogen) atoms. The molecule has 4 rings (SSSR count). The molecule has 1 heterocycles. The van der Waals surface area contributed by atoms with Crippen LogP contribution in [0.25, 0.3) is 0 Å². The predicted octanol–water partition coefficient (Wildman–Crippen LogP) is 5.37. The molecule has 0 radical (unpaired) electrons. The summed E-state index contributed by atoms with van der Waals surface area (Å²) in [7, 11) is 1.76. The summed E-state index contributed by atoms with van der Waals surface area (Å²) in [6.45, 7) is 0.694. The van der Waals surface area contributed by atoms with Crippen molar-refractivity contribution in [3.63, 3.8) is 0 Å². The number of anilines is 1. The Balaban J connectivity index is 1.36. The summed E-state index contributed by atoms with van der Waals surface area (Å²) >= 11 is 13.9. The Bertz CT molecular complexity index is 894. The maximum atomic E-state index is 12.7. The van der Waals surface area contributed by atoms with Crippen LogP contribution in [-0.2, 0) is 6.54 Å². The summed E-state index contributed by atoms with van der Waals surface area (Å²) in [6.07, 6.45) is 0.815. The van der Waals surface area contributed by atoms with Gasteiger partial charge in [0.1, 0.15) is 4.33 Å². The average molecular weight is 439 g/mol. The van der Waals surface area contributed by atoms with E-state index in [1.807, 2.05) is 42.5 Å². The minimum atomic E-state index is -0.587. The molecular weight excluding hydrogens is 419 g/mol. The van der Waals surface area contributed by atoms with Gasteiger partial charge in [-0.3, -0.25) is 0 Å². The zero-order valence-electron chi connectivity index (χ0n) is 15.3. The Morgan fingerprint density at radius 3 is 2.79 bits per heavy atom. The minimum absolute atomic E-state index is 0.179. The minimum Gasteiger partial charge on any atom is -0.454 e. The van der Waals surface area contributed by atoms with Crippen LogP contribution in [0.1, 0.15) is 12.0 Å². The first kappa shape index (κ1) is 19.6. The van der Waals surface area contributed by atoms with E-state index in [9.17, 15) is 4.79 Å². The van der Waals surface area contributed by atoms with Crippen LogP contribution in [-0.4, -0.2) is 34.9 Å². The van der Waals surface area contributed by atoms with E-state index in [1.165, 1.54) is 0 Å². The number of hydrogen-bond donors (Lipinski definition) is 1. The van der Waals surface area contributed by atoms with Gasteiger partial charge in [0.2, 0.25) is 6.79 Å². The zero-order valence-corrected chi connectivity index (χ0v) is 17.6.